The molecular formula is C33H50N2. The Morgan fingerprint density at radius 1 is 0.543 bits per heavy atom. The fraction of sp³-hybridized carbons (Fsp3) is 0.576. The lowest BCUT2D eigenvalue weighted by Crippen LogP contribution is -2.14. The summed E-state index contributed by atoms with van der Waals surface area (Å²) in [5.74, 6) is 0. The van der Waals surface area contributed by atoms with Crippen molar-refractivity contribution < 1.29 is 0 Å². The van der Waals surface area contributed by atoms with E-state index in [0.29, 0.717) is 0 Å². The molecule has 2 heteroatoms. The minimum Gasteiger partial charge on any atom is -0.252 e. The van der Waals surface area contributed by atoms with E-state index in [-0.39, 0.29) is 0 Å². The van der Waals surface area contributed by atoms with Crippen molar-refractivity contribution in [2.45, 2.75) is 125 Å². The first-order chi connectivity index (χ1) is 17.0. The minimum atomic E-state index is 1.00. The molecular weight excluding hydrogens is 424 g/mol. The Labute approximate surface area is 216 Å². The summed E-state index contributed by atoms with van der Waals surface area (Å²) in [5, 5.41) is 0. The van der Waals surface area contributed by atoms with E-state index in [0.717, 1.165) is 37.1 Å². The van der Waals surface area contributed by atoms with Crippen molar-refractivity contribution in [1.82, 2.24) is 0 Å². The zero-order chi connectivity index (χ0) is 25.5. The molecule has 2 nitrogen and oxygen atoms in total. The van der Waals surface area contributed by atoms with Gasteiger partial charge < -0.3 is 0 Å². The first-order valence-electron chi connectivity index (χ1n) is 14.4. The van der Waals surface area contributed by atoms with Gasteiger partial charge >= 0.3 is 0 Å². The van der Waals surface area contributed by atoms with E-state index >= 15 is 0 Å². The SMILES string of the molecule is CCCCCCCCC(=Nc1ccc(CC)c(CC)c1)C(CCCCC)=Nc1ccc(C)c(C)c1. The van der Waals surface area contributed by atoms with E-state index in [1.807, 2.05) is 0 Å². The average Bonchev–Trinajstić information content (AvgIpc) is 2.87. The number of nitrogens with zero attached hydrogens (tertiary/aromatic N) is 2. The number of benzene rings is 2. The minimum absolute atomic E-state index is 1.00. The van der Waals surface area contributed by atoms with E-state index in [1.165, 1.54) is 91.5 Å². The molecule has 2 aromatic rings. The molecule has 0 atom stereocenters. The average molecular weight is 475 g/mol. The van der Waals surface area contributed by atoms with Crippen LogP contribution in [0.1, 0.15) is 121 Å². The highest BCUT2D eigenvalue weighted by molar-refractivity contribution is 6.43. The van der Waals surface area contributed by atoms with Crippen LogP contribution in [0.5, 0.6) is 0 Å². The van der Waals surface area contributed by atoms with Crippen molar-refractivity contribution in [3.8, 4) is 0 Å². The maximum Gasteiger partial charge on any atom is 0.0636 e. The standard InChI is InChI=1S/C33H50N2/c1-7-11-13-14-15-17-19-33(35-31-23-21-28(9-3)29(10-4)25-31)32(18-16-12-8-2)34-30-22-20-26(5)27(6)24-30/h20-25H,7-19H2,1-6H3. The van der Waals surface area contributed by atoms with Gasteiger partial charge in [0, 0.05) is 0 Å². The monoisotopic (exact) mass is 474 g/mol. The Kier molecular flexibility index (Phi) is 13.6. The van der Waals surface area contributed by atoms with Crippen LogP contribution in [0.25, 0.3) is 0 Å². The Bertz CT molecular complexity index is 952. The van der Waals surface area contributed by atoms with E-state index < -0.39 is 0 Å². The molecule has 2 aromatic carbocycles. The third kappa shape index (κ3) is 10.1. The van der Waals surface area contributed by atoms with Crippen LogP contribution >= 0.6 is 0 Å². The molecule has 0 saturated carbocycles. The number of hydrogen-bond acceptors (Lipinski definition) is 2. The maximum absolute atomic E-state index is 5.28. The summed E-state index contributed by atoms with van der Waals surface area (Å²) in [6.45, 7) is 13.4. The van der Waals surface area contributed by atoms with Crippen molar-refractivity contribution >= 4 is 22.8 Å². The molecule has 0 aliphatic carbocycles. The molecule has 0 saturated heterocycles. The topological polar surface area (TPSA) is 24.7 Å². The summed E-state index contributed by atoms with van der Waals surface area (Å²) in [7, 11) is 0. The highest BCUT2D eigenvalue weighted by Crippen LogP contribution is 2.24. The first kappa shape index (κ1) is 29.0. The number of unbranched alkanes of at least 4 members (excludes halogenated alkanes) is 7. The van der Waals surface area contributed by atoms with Crippen LogP contribution in [0.4, 0.5) is 11.4 Å². The molecule has 0 N–H and O–H groups in total. The number of aliphatic imine (C=N–C) groups is 2. The van der Waals surface area contributed by atoms with E-state index in [2.05, 4.69) is 77.9 Å². The second-order valence-electron chi connectivity index (χ2n) is 10.0. The van der Waals surface area contributed by atoms with Gasteiger partial charge in [0.25, 0.3) is 0 Å². The van der Waals surface area contributed by atoms with Gasteiger partial charge in [-0.15, -0.1) is 0 Å². The zero-order valence-corrected chi connectivity index (χ0v) is 23.6. The molecule has 0 fully saturated rings. The smallest absolute Gasteiger partial charge is 0.0636 e. The van der Waals surface area contributed by atoms with Gasteiger partial charge in [0.15, 0.2) is 0 Å². The highest BCUT2D eigenvalue weighted by atomic mass is 14.8. The molecule has 0 radical (unpaired) electrons. The zero-order valence-electron chi connectivity index (χ0n) is 23.6. The molecule has 0 aliphatic rings. The van der Waals surface area contributed by atoms with Crippen LogP contribution < -0.4 is 0 Å². The Morgan fingerprint density at radius 3 is 1.66 bits per heavy atom. The summed E-state index contributed by atoms with van der Waals surface area (Å²) in [5.41, 5.74) is 10.0. The number of hydrogen-bond donors (Lipinski definition) is 0. The Hall–Kier alpha value is -2.22. The third-order valence-corrected chi connectivity index (χ3v) is 7.09. The van der Waals surface area contributed by atoms with Crippen molar-refractivity contribution in [2.75, 3.05) is 0 Å². The van der Waals surface area contributed by atoms with Gasteiger partial charge in [0.2, 0.25) is 0 Å². The summed E-state index contributed by atoms with van der Waals surface area (Å²) in [4.78, 5) is 10.5. The van der Waals surface area contributed by atoms with Gasteiger partial charge in [-0.3, -0.25) is 9.98 Å². The summed E-state index contributed by atoms with van der Waals surface area (Å²) in [6, 6.07) is 13.4. The summed E-state index contributed by atoms with van der Waals surface area (Å²) >= 11 is 0. The molecule has 0 spiro atoms. The van der Waals surface area contributed by atoms with Crippen molar-refractivity contribution in [3.05, 3.63) is 58.7 Å². The van der Waals surface area contributed by atoms with Crippen molar-refractivity contribution in [3.63, 3.8) is 0 Å². The van der Waals surface area contributed by atoms with Crippen LogP contribution in [-0.2, 0) is 12.8 Å². The second kappa shape index (κ2) is 16.5. The van der Waals surface area contributed by atoms with Gasteiger partial charge in [-0.05, 0) is 98.9 Å². The van der Waals surface area contributed by atoms with Crippen LogP contribution in [0, 0.1) is 13.8 Å². The number of rotatable bonds is 16. The molecule has 35 heavy (non-hydrogen) atoms. The summed E-state index contributed by atoms with van der Waals surface area (Å²) in [6.07, 6.45) is 15.6. The lowest BCUT2D eigenvalue weighted by Gasteiger charge is -2.13. The van der Waals surface area contributed by atoms with Gasteiger partial charge in [-0.25, -0.2) is 0 Å². The molecule has 0 bridgehead atoms. The fourth-order valence-electron chi connectivity index (χ4n) is 4.61. The normalized spacial score (nSPS) is 12.4. The molecule has 2 rings (SSSR count). The van der Waals surface area contributed by atoms with Crippen LogP contribution in [0.15, 0.2) is 46.4 Å². The predicted octanol–water partition coefficient (Wildman–Crippen LogP) is 10.6. The largest absolute Gasteiger partial charge is 0.252 e. The molecule has 0 unspecified atom stereocenters. The molecule has 0 amide bonds. The lowest BCUT2D eigenvalue weighted by molar-refractivity contribution is 0.616. The second-order valence-corrected chi connectivity index (χ2v) is 10.0. The van der Waals surface area contributed by atoms with Crippen LogP contribution in [0.3, 0.4) is 0 Å². The van der Waals surface area contributed by atoms with Crippen molar-refractivity contribution in [1.29, 1.82) is 0 Å². The molecule has 192 valence electrons. The number of aryl methyl sites for hydroxylation is 4. The summed E-state index contributed by atoms with van der Waals surface area (Å²) < 4.78 is 0. The molecule has 0 aromatic heterocycles. The Morgan fingerprint density at radius 2 is 1.06 bits per heavy atom. The van der Waals surface area contributed by atoms with Gasteiger partial charge in [0.1, 0.15) is 0 Å². The van der Waals surface area contributed by atoms with E-state index in [1.54, 1.807) is 0 Å². The van der Waals surface area contributed by atoms with E-state index in [9.17, 15) is 0 Å². The van der Waals surface area contributed by atoms with Gasteiger partial charge in [-0.2, -0.15) is 0 Å². The van der Waals surface area contributed by atoms with Crippen molar-refractivity contribution in [2.24, 2.45) is 9.98 Å². The Balaban J connectivity index is 2.41. The van der Waals surface area contributed by atoms with Crippen LogP contribution in [0.2, 0.25) is 0 Å². The lowest BCUT2D eigenvalue weighted by atomic mass is 9.99. The molecule has 0 aliphatic heterocycles. The first-order valence-corrected chi connectivity index (χ1v) is 14.4. The third-order valence-electron chi connectivity index (χ3n) is 7.09. The highest BCUT2D eigenvalue weighted by Gasteiger charge is 2.12. The van der Waals surface area contributed by atoms with E-state index in [4.69, 9.17) is 9.98 Å². The quantitative estimate of drug-likeness (QED) is 0.171. The fourth-order valence-corrected chi connectivity index (χ4v) is 4.61. The maximum atomic E-state index is 5.28. The van der Waals surface area contributed by atoms with Crippen LogP contribution in [-0.4, -0.2) is 11.4 Å². The van der Waals surface area contributed by atoms with Gasteiger partial charge in [0.05, 0.1) is 22.8 Å². The van der Waals surface area contributed by atoms with Gasteiger partial charge in [-0.1, -0.05) is 84.8 Å². The molecule has 0 heterocycles. The predicted molar refractivity (Wildman–Crippen MR) is 157 cm³/mol.